The maximum atomic E-state index is 14.0. The molecule has 1 amide bonds. The Morgan fingerprint density at radius 1 is 1.06 bits per heavy atom. The third-order valence-corrected chi connectivity index (χ3v) is 6.07. The summed E-state index contributed by atoms with van der Waals surface area (Å²) in [5, 5.41) is 0.569. The van der Waals surface area contributed by atoms with Gasteiger partial charge in [-0.3, -0.25) is 9.69 Å². The highest BCUT2D eigenvalue weighted by Crippen LogP contribution is 2.52. The number of rotatable bonds is 5. The Hall–Kier alpha value is -1.64. The summed E-state index contributed by atoms with van der Waals surface area (Å²) in [6.45, 7) is 1.23. The van der Waals surface area contributed by atoms with Crippen LogP contribution in [0.15, 0.2) is 17.1 Å². The van der Waals surface area contributed by atoms with E-state index in [1.54, 1.807) is 6.92 Å². The number of halogens is 12. The molecule has 0 aliphatic carbocycles. The zero-order valence-corrected chi connectivity index (χ0v) is 19.8. The Morgan fingerprint density at radius 2 is 1.63 bits per heavy atom. The number of nitrogens with one attached hydrogen (secondary N) is 1. The lowest BCUT2D eigenvalue weighted by atomic mass is 10.0. The van der Waals surface area contributed by atoms with Crippen LogP contribution in [0.5, 0.6) is 0 Å². The number of hydrogen-bond donors (Lipinski definition) is 1. The van der Waals surface area contributed by atoms with Crippen LogP contribution in [-0.4, -0.2) is 46.7 Å². The van der Waals surface area contributed by atoms with Crippen LogP contribution in [0.25, 0.3) is 0 Å². The third kappa shape index (κ3) is 5.39. The second-order valence-electron chi connectivity index (χ2n) is 7.17. The number of anilines is 1. The van der Waals surface area contributed by atoms with Gasteiger partial charge in [0, 0.05) is 13.7 Å². The van der Waals surface area contributed by atoms with Crippen LogP contribution in [-0.2, 0) is 21.9 Å². The van der Waals surface area contributed by atoms with Crippen molar-refractivity contribution in [2.24, 2.45) is 4.99 Å². The van der Waals surface area contributed by atoms with Crippen molar-refractivity contribution in [2.75, 3.05) is 19.0 Å². The number of aliphatic imine (C=N–C) groups is 1. The molecule has 1 unspecified atom stereocenters. The van der Waals surface area contributed by atoms with Gasteiger partial charge in [-0.1, -0.05) is 48.1 Å². The molecule has 0 radical (unpaired) electrons. The number of methoxy groups -OCH3 is 1. The fourth-order valence-corrected chi connectivity index (χ4v) is 3.97. The molecule has 35 heavy (non-hydrogen) atoms. The number of carbonyl (C=O) groups excluding carboxylic acids is 1. The first-order valence-corrected chi connectivity index (χ1v) is 10.5. The van der Waals surface area contributed by atoms with Crippen LogP contribution < -0.4 is 5.32 Å². The molecule has 0 fully saturated rings. The van der Waals surface area contributed by atoms with Gasteiger partial charge >= 0.3 is 24.3 Å². The quantitative estimate of drug-likeness (QED) is 0.305. The number of alkyl halides is 11. The molecule has 0 aromatic heterocycles. The van der Waals surface area contributed by atoms with Gasteiger partial charge in [0.2, 0.25) is 5.96 Å². The molecule has 0 spiro atoms. The topological polar surface area (TPSA) is 53.9 Å². The molecule has 1 aromatic carbocycles. The zero-order chi connectivity index (χ0) is 27.2. The minimum Gasteiger partial charge on any atom is -0.347 e. The van der Waals surface area contributed by atoms with E-state index < -0.39 is 68.8 Å². The Labute approximate surface area is 207 Å². The largest absolute Gasteiger partial charge is 0.442 e. The first-order chi connectivity index (χ1) is 15.7. The summed E-state index contributed by atoms with van der Waals surface area (Å²) >= 11 is 17.1. The molecule has 198 valence electrons. The minimum absolute atomic E-state index is 0.117. The van der Waals surface area contributed by atoms with Crippen molar-refractivity contribution >= 4 is 52.4 Å². The van der Waals surface area contributed by atoms with Crippen LogP contribution in [0.3, 0.4) is 0 Å². The number of benzene rings is 1. The van der Waals surface area contributed by atoms with Crippen molar-refractivity contribution in [1.29, 1.82) is 0 Å². The van der Waals surface area contributed by atoms with E-state index in [0.717, 1.165) is 0 Å². The predicted molar refractivity (Wildman–Crippen MR) is 109 cm³/mol. The van der Waals surface area contributed by atoms with E-state index in [4.69, 9.17) is 34.8 Å². The van der Waals surface area contributed by atoms with Crippen molar-refractivity contribution in [3.05, 3.63) is 28.3 Å². The molecular weight excluding hydrogens is 568 g/mol. The number of amides is 1. The lowest BCUT2D eigenvalue weighted by Gasteiger charge is -2.45. The molecule has 1 heterocycles. The van der Waals surface area contributed by atoms with Gasteiger partial charge < -0.3 is 10.1 Å². The van der Waals surface area contributed by atoms with Gasteiger partial charge in [0.25, 0.3) is 10.2 Å². The number of unbranched alkanes of at least 4 members (excludes halogenated alkanes) is 1. The molecule has 1 atom stereocenters. The average Bonchev–Trinajstić information content (AvgIpc) is 2.69. The molecule has 1 aliphatic heterocycles. The van der Waals surface area contributed by atoms with Gasteiger partial charge in [0.1, 0.15) is 0 Å². The van der Waals surface area contributed by atoms with Crippen LogP contribution in [0.1, 0.15) is 30.9 Å². The summed E-state index contributed by atoms with van der Waals surface area (Å²) in [5.41, 5.74) is -8.85. The maximum absolute atomic E-state index is 14.0. The minimum atomic E-state index is -5.56. The first kappa shape index (κ1) is 29.6. The lowest BCUT2D eigenvalue weighted by molar-refractivity contribution is -0.272. The summed E-state index contributed by atoms with van der Waals surface area (Å²) < 4.78 is 123. The highest BCUT2D eigenvalue weighted by molar-refractivity contribution is 6.60. The number of hydrogen-bond acceptors (Lipinski definition) is 4. The second kappa shape index (κ2) is 9.67. The fraction of sp³-hybridized carbons (Fsp3) is 0.556. The molecule has 0 saturated heterocycles. The van der Waals surface area contributed by atoms with Crippen LogP contribution in [0.4, 0.5) is 45.2 Å². The molecule has 1 aromatic rings. The lowest BCUT2D eigenvalue weighted by Crippen LogP contribution is -2.69. The van der Waals surface area contributed by atoms with Gasteiger partial charge in [0.15, 0.2) is 0 Å². The van der Waals surface area contributed by atoms with Crippen LogP contribution in [0.2, 0.25) is 5.02 Å². The fourth-order valence-electron chi connectivity index (χ4n) is 3.05. The van der Waals surface area contributed by atoms with Crippen molar-refractivity contribution in [1.82, 2.24) is 4.90 Å². The van der Waals surface area contributed by atoms with Crippen molar-refractivity contribution in [3.63, 3.8) is 0 Å². The number of carbonyl (C=O) groups is 1. The second-order valence-corrected chi connectivity index (χ2v) is 8.88. The summed E-state index contributed by atoms with van der Waals surface area (Å²) in [6, 6.07) is -0.151. The zero-order valence-electron chi connectivity index (χ0n) is 17.5. The Bertz CT molecular complexity index is 1010. The molecule has 5 nitrogen and oxygen atoms in total. The van der Waals surface area contributed by atoms with Crippen LogP contribution in [0, 0.1) is 0 Å². The van der Waals surface area contributed by atoms with E-state index in [1.165, 1.54) is 0 Å². The van der Waals surface area contributed by atoms with Gasteiger partial charge in [-0.05, 0) is 18.6 Å². The first-order valence-electron chi connectivity index (χ1n) is 9.41. The molecule has 0 bridgehead atoms. The van der Waals surface area contributed by atoms with Crippen molar-refractivity contribution < 1.29 is 49.0 Å². The predicted octanol–water partition coefficient (Wildman–Crippen LogP) is 6.87. The van der Waals surface area contributed by atoms with E-state index in [2.05, 4.69) is 9.73 Å². The summed E-state index contributed by atoms with van der Waals surface area (Å²) in [4.78, 5) is 16.6. The monoisotopic (exact) mass is 581 g/mol. The van der Waals surface area contributed by atoms with Crippen molar-refractivity contribution in [3.8, 4) is 0 Å². The Balaban J connectivity index is 2.83. The summed E-state index contributed by atoms with van der Waals surface area (Å²) in [7, 11) is 0.460. The van der Waals surface area contributed by atoms with E-state index in [9.17, 15) is 44.3 Å². The van der Waals surface area contributed by atoms with E-state index in [0.29, 0.717) is 18.4 Å². The average molecular weight is 583 g/mol. The van der Waals surface area contributed by atoms with Crippen LogP contribution >= 0.6 is 34.8 Å². The molecule has 1 aliphatic rings. The number of guanidine groups is 1. The summed E-state index contributed by atoms with van der Waals surface area (Å²) in [6.07, 6.45) is -15.7. The van der Waals surface area contributed by atoms with Gasteiger partial charge in [0.05, 0.1) is 21.8 Å². The molecular formula is C18H15Cl3F9N3O2. The van der Waals surface area contributed by atoms with E-state index in [-0.39, 0.29) is 18.6 Å². The van der Waals surface area contributed by atoms with Gasteiger partial charge in [-0.15, -0.1) is 0 Å². The third-order valence-electron chi connectivity index (χ3n) is 4.83. The smallest absolute Gasteiger partial charge is 0.347 e. The molecule has 0 saturated carbocycles. The number of nitrogens with zero attached hydrogens (tertiary/aromatic N) is 2. The van der Waals surface area contributed by atoms with Gasteiger partial charge in [-0.2, -0.15) is 39.5 Å². The molecule has 2 rings (SSSR count). The van der Waals surface area contributed by atoms with E-state index >= 15 is 0 Å². The Morgan fingerprint density at radius 3 is 2.06 bits per heavy atom. The highest BCUT2D eigenvalue weighted by Gasteiger charge is 2.74. The van der Waals surface area contributed by atoms with Crippen molar-refractivity contribution in [2.45, 2.75) is 48.4 Å². The standard InChI is InChI=1S/C18H15Cl3F9N3O2/c1-3-4-5-33-12(34)14(20,21)17(35-2,18(28,29)30)32-13(33)31-10-7-8(15(22,23)24)6-9(11(10)19)16(25,26)27/h6-7H,3-5H2,1-2H3,(H,31,32). The highest BCUT2D eigenvalue weighted by atomic mass is 35.5. The SMILES string of the molecule is CCCCN1C(=O)C(Cl)(Cl)C(OC)(C(F)(F)F)N=C1Nc1cc(C(F)(F)F)cc(C(F)(F)F)c1Cl. The number of ether oxygens (including phenoxy) is 1. The summed E-state index contributed by atoms with van der Waals surface area (Å²) in [5.74, 6) is -2.76. The molecule has 1 N–H and O–H groups in total. The molecule has 17 heteroatoms. The Kier molecular flexibility index (Phi) is 8.18. The normalized spacial score (nSPS) is 21.3. The van der Waals surface area contributed by atoms with Gasteiger partial charge in [-0.25, -0.2) is 4.99 Å². The van der Waals surface area contributed by atoms with E-state index in [1.807, 2.05) is 5.32 Å². The maximum Gasteiger partial charge on any atom is 0.442 e.